The van der Waals surface area contributed by atoms with Gasteiger partial charge >= 0.3 is 0 Å². The smallest absolute Gasteiger partial charge is 0.231 e. The lowest BCUT2D eigenvalue weighted by Crippen LogP contribution is -2.18. The van der Waals surface area contributed by atoms with Crippen LogP contribution in [0.25, 0.3) is 16.9 Å². The normalized spacial score (nSPS) is 13.2. The number of rotatable bonds is 6. The SMILES string of the molecule is NCCCn1c(-c2ccc3c(c2)OCO3)cs/c1=N\c1ccc(-n2ccnc2)cc1. The van der Waals surface area contributed by atoms with Crippen molar-refractivity contribution in [1.82, 2.24) is 14.1 Å². The minimum absolute atomic E-state index is 0.269. The fourth-order valence-corrected chi connectivity index (χ4v) is 4.35. The van der Waals surface area contributed by atoms with E-state index in [0.29, 0.717) is 6.54 Å². The van der Waals surface area contributed by atoms with Crippen molar-refractivity contribution in [1.29, 1.82) is 0 Å². The third kappa shape index (κ3) is 3.62. The van der Waals surface area contributed by atoms with Gasteiger partial charge in [-0.1, -0.05) is 0 Å². The van der Waals surface area contributed by atoms with Crippen molar-refractivity contribution >= 4 is 17.0 Å². The summed E-state index contributed by atoms with van der Waals surface area (Å²) in [6, 6.07) is 14.1. The zero-order chi connectivity index (χ0) is 20.3. The van der Waals surface area contributed by atoms with E-state index in [-0.39, 0.29) is 6.79 Å². The van der Waals surface area contributed by atoms with Crippen LogP contribution in [0.2, 0.25) is 0 Å². The minimum Gasteiger partial charge on any atom is -0.454 e. The first-order chi connectivity index (χ1) is 14.8. The molecule has 2 aromatic carbocycles. The van der Waals surface area contributed by atoms with Crippen LogP contribution in [-0.4, -0.2) is 27.5 Å². The molecule has 0 aliphatic carbocycles. The predicted molar refractivity (Wildman–Crippen MR) is 116 cm³/mol. The van der Waals surface area contributed by atoms with Gasteiger partial charge in [0, 0.05) is 35.6 Å². The summed E-state index contributed by atoms with van der Waals surface area (Å²) in [5.41, 5.74) is 9.91. The Morgan fingerprint density at radius 3 is 2.77 bits per heavy atom. The van der Waals surface area contributed by atoms with Gasteiger partial charge in [0.25, 0.3) is 0 Å². The molecule has 0 fully saturated rings. The van der Waals surface area contributed by atoms with Crippen LogP contribution in [0.4, 0.5) is 5.69 Å². The van der Waals surface area contributed by atoms with Crippen molar-refractivity contribution in [3.05, 3.63) is 71.4 Å². The Kier molecular flexibility index (Phi) is 5.08. The molecule has 1 aliphatic heterocycles. The number of hydrogen-bond acceptors (Lipinski definition) is 6. The van der Waals surface area contributed by atoms with Crippen LogP contribution in [0.1, 0.15) is 6.42 Å². The zero-order valence-electron chi connectivity index (χ0n) is 16.3. The third-order valence-corrected chi connectivity index (χ3v) is 5.79. The number of thiazole rings is 1. The van der Waals surface area contributed by atoms with Gasteiger partial charge < -0.3 is 24.3 Å². The molecule has 152 valence electrons. The van der Waals surface area contributed by atoms with Gasteiger partial charge in [0.15, 0.2) is 16.3 Å². The molecule has 0 atom stereocenters. The molecule has 2 N–H and O–H groups in total. The summed E-state index contributed by atoms with van der Waals surface area (Å²) in [4.78, 5) is 9.92. The Hall–Kier alpha value is -3.36. The lowest BCUT2D eigenvalue weighted by molar-refractivity contribution is 0.174. The third-order valence-electron chi connectivity index (χ3n) is 4.93. The molecule has 7 nitrogen and oxygen atoms in total. The average Bonchev–Trinajstić information content (AvgIpc) is 3.53. The molecule has 30 heavy (non-hydrogen) atoms. The molecule has 0 bridgehead atoms. The molecule has 5 rings (SSSR count). The second kappa shape index (κ2) is 8.17. The molecule has 3 heterocycles. The van der Waals surface area contributed by atoms with Gasteiger partial charge in [0.2, 0.25) is 6.79 Å². The van der Waals surface area contributed by atoms with Gasteiger partial charge in [-0.25, -0.2) is 9.98 Å². The van der Waals surface area contributed by atoms with Crippen LogP contribution >= 0.6 is 11.3 Å². The monoisotopic (exact) mass is 419 g/mol. The summed E-state index contributed by atoms with van der Waals surface area (Å²) in [5, 5.41) is 2.13. The van der Waals surface area contributed by atoms with Crippen molar-refractivity contribution in [2.75, 3.05) is 13.3 Å². The number of nitrogens with two attached hydrogens (primary N) is 1. The van der Waals surface area contributed by atoms with Crippen LogP contribution < -0.4 is 20.0 Å². The van der Waals surface area contributed by atoms with E-state index in [1.54, 1.807) is 23.9 Å². The number of fused-ring (bicyclic) bond motifs is 1. The van der Waals surface area contributed by atoms with Gasteiger partial charge in [-0.3, -0.25) is 0 Å². The maximum atomic E-state index is 5.79. The van der Waals surface area contributed by atoms with Crippen molar-refractivity contribution < 1.29 is 9.47 Å². The van der Waals surface area contributed by atoms with Crippen LogP contribution in [-0.2, 0) is 6.54 Å². The first-order valence-electron chi connectivity index (χ1n) is 9.73. The highest BCUT2D eigenvalue weighted by Crippen LogP contribution is 2.36. The molecule has 0 saturated heterocycles. The lowest BCUT2D eigenvalue weighted by atomic mass is 10.1. The number of hydrogen-bond donors (Lipinski definition) is 1. The molecular weight excluding hydrogens is 398 g/mol. The van der Waals surface area contributed by atoms with Crippen LogP contribution in [0.5, 0.6) is 11.5 Å². The maximum Gasteiger partial charge on any atom is 0.231 e. The van der Waals surface area contributed by atoms with Gasteiger partial charge in [-0.05, 0) is 55.4 Å². The standard InChI is InChI=1S/C22H21N5O2S/c23-8-1-10-27-19(16-2-7-20-21(12-16)29-15-28-20)13-30-22(27)25-17-3-5-18(6-4-17)26-11-9-24-14-26/h2-7,9,11-14H,1,8,10,15,23H2/b25-22-. The molecule has 8 heteroatoms. The Bertz CT molecular complexity index is 1210. The zero-order valence-corrected chi connectivity index (χ0v) is 17.1. The van der Waals surface area contributed by atoms with Crippen molar-refractivity contribution in [2.45, 2.75) is 13.0 Å². The van der Waals surface area contributed by atoms with Gasteiger partial charge in [0.05, 0.1) is 17.7 Å². The van der Waals surface area contributed by atoms with E-state index in [1.807, 2.05) is 47.2 Å². The molecule has 2 aromatic heterocycles. The van der Waals surface area contributed by atoms with Crippen molar-refractivity contribution in [2.24, 2.45) is 10.7 Å². The van der Waals surface area contributed by atoms with E-state index in [4.69, 9.17) is 20.2 Å². The molecule has 0 unspecified atom stereocenters. The Balaban J connectivity index is 1.52. The number of benzene rings is 2. The Morgan fingerprint density at radius 1 is 1.10 bits per heavy atom. The Morgan fingerprint density at radius 2 is 1.97 bits per heavy atom. The molecule has 0 spiro atoms. The van der Waals surface area contributed by atoms with E-state index < -0.39 is 0 Å². The molecule has 0 amide bonds. The second-order valence-electron chi connectivity index (χ2n) is 6.86. The fourth-order valence-electron chi connectivity index (χ4n) is 3.39. The molecule has 4 aromatic rings. The highest BCUT2D eigenvalue weighted by molar-refractivity contribution is 7.07. The highest BCUT2D eigenvalue weighted by atomic mass is 32.1. The Labute approximate surface area is 177 Å². The molecule has 0 saturated carbocycles. The van der Waals surface area contributed by atoms with Crippen LogP contribution in [0.15, 0.2) is 71.6 Å². The molecular formula is C22H21N5O2S. The van der Waals surface area contributed by atoms with Gasteiger partial charge in [-0.2, -0.15) is 0 Å². The van der Waals surface area contributed by atoms with Gasteiger partial charge in [-0.15, -0.1) is 11.3 Å². The fraction of sp³-hybridized carbons (Fsp3) is 0.182. The summed E-state index contributed by atoms with van der Waals surface area (Å²) in [7, 11) is 0. The van der Waals surface area contributed by atoms with E-state index in [0.717, 1.165) is 51.9 Å². The first-order valence-corrected chi connectivity index (χ1v) is 10.6. The van der Waals surface area contributed by atoms with Crippen LogP contribution in [0, 0.1) is 0 Å². The predicted octanol–water partition coefficient (Wildman–Crippen LogP) is 3.71. The maximum absolute atomic E-state index is 5.79. The molecule has 1 aliphatic rings. The van der Waals surface area contributed by atoms with Gasteiger partial charge in [0.1, 0.15) is 0 Å². The van der Waals surface area contributed by atoms with E-state index in [1.165, 1.54) is 0 Å². The summed E-state index contributed by atoms with van der Waals surface area (Å²) in [6.07, 6.45) is 6.34. The van der Waals surface area contributed by atoms with Crippen molar-refractivity contribution in [3.8, 4) is 28.4 Å². The summed E-state index contributed by atoms with van der Waals surface area (Å²) < 4.78 is 15.2. The number of imidazole rings is 1. The highest BCUT2D eigenvalue weighted by Gasteiger charge is 2.16. The van der Waals surface area contributed by atoms with E-state index in [9.17, 15) is 0 Å². The summed E-state index contributed by atoms with van der Waals surface area (Å²) in [5.74, 6) is 1.56. The quantitative estimate of drug-likeness (QED) is 0.517. The second-order valence-corrected chi connectivity index (χ2v) is 7.70. The first kappa shape index (κ1) is 18.7. The number of nitrogens with zero attached hydrogens (tertiary/aromatic N) is 4. The number of aromatic nitrogens is 3. The summed E-state index contributed by atoms with van der Waals surface area (Å²) >= 11 is 1.62. The average molecular weight is 420 g/mol. The topological polar surface area (TPSA) is 79.6 Å². The van der Waals surface area contributed by atoms with E-state index >= 15 is 0 Å². The molecule has 0 radical (unpaired) electrons. The lowest BCUT2D eigenvalue weighted by Gasteiger charge is -2.09. The summed E-state index contributed by atoms with van der Waals surface area (Å²) in [6.45, 7) is 1.70. The minimum atomic E-state index is 0.269. The number of ether oxygens (including phenoxy) is 2. The largest absolute Gasteiger partial charge is 0.454 e. The van der Waals surface area contributed by atoms with Crippen LogP contribution in [0.3, 0.4) is 0 Å². The van der Waals surface area contributed by atoms with E-state index in [2.05, 4.69) is 21.0 Å². The van der Waals surface area contributed by atoms with Crippen molar-refractivity contribution in [3.63, 3.8) is 0 Å².